The maximum absolute atomic E-state index is 13.3. The maximum atomic E-state index is 13.3. The molecule has 2 aromatic carbocycles. The average molecular weight is 517 g/mol. The van der Waals surface area contributed by atoms with Crippen molar-refractivity contribution in [2.45, 2.75) is 63.0 Å². The molecule has 4 nitrogen and oxygen atoms in total. The van der Waals surface area contributed by atoms with Crippen molar-refractivity contribution in [3.05, 3.63) is 70.8 Å². The number of benzene rings is 2. The fourth-order valence-electron chi connectivity index (χ4n) is 4.66. The molecule has 3 rings (SSSR count). The van der Waals surface area contributed by atoms with Crippen LogP contribution < -0.4 is 11.1 Å². The highest BCUT2D eigenvalue weighted by Crippen LogP contribution is 2.50. The first-order valence-electron chi connectivity index (χ1n) is 11.6. The number of carbonyl (C=O) groups excluding carboxylic acids is 1. The van der Waals surface area contributed by atoms with Crippen LogP contribution >= 0.6 is 0 Å². The maximum Gasteiger partial charge on any atom is 0.416 e. The summed E-state index contributed by atoms with van der Waals surface area (Å²) < 4.78 is 85.5. The van der Waals surface area contributed by atoms with Crippen LogP contribution in [0.2, 0.25) is 0 Å². The number of hydrogen-bond donors (Lipinski definition) is 2. The SMILES string of the molecule is CC(C)C(=O)NCC1(N)CC(CO[C@H](C)c2cc(C(F)(F)F)cc(C(F)(F)F)c2)(c2ccccc2)C1. The molecule has 10 heteroatoms. The lowest BCUT2D eigenvalue weighted by molar-refractivity contribution is -0.143. The lowest BCUT2D eigenvalue weighted by atomic mass is 9.55. The third kappa shape index (κ3) is 6.39. The molecule has 0 aromatic heterocycles. The number of alkyl halides is 6. The zero-order valence-electron chi connectivity index (χ0n) is 20.3. The molecule has 1 atom stereocenters. The number of hydrogen-bond acceptors (Lipinski definition) is 3. The second-order valence-electron chi connectivity index (χ2n) is 10.0. The van der Waals surface area contributed by atoms with Gasteiger partial charge in [-0.3, -0.25) is 4.79 Å². The molecular formula is C26H30F6N2O2. The van der Waals surface area contributed by atoms with E-state index >= 15 is 0 Å². The van der Waals surface area contributed by atoms with E-state index < -0.39 is 40.5 Å². The summed E-state index contributed by atoms with van der Waals surface area (Å²) in [6.45, 7) is 5.23. The highest BCUT2D eigenvalue weighted by atomic mass is 19.4. The van der Waals surface area contributed by atoms with Gasteiger partial charge in [0.15, 0.2) is 0 Å². The van der Waals surface area contributed by atoms with Crippen molar-refractivity contribution in [1.29, 1.82) is 0 Å². The van der Waals surface area contributed by atoms with Gasteiger partial charge in [0.05, 0.1) is 23.8 Å². The molecule has 3 N–H and O–H groups in total. The van der Waals surface area contributed by atoms with Crippen molar-refractivity contribution >= 4 is 5.91 Å². The lowest BCUT2D eigenvalue weighted by Gasteiger charge is -2.55. The fourth-order valence-corrected chi connectivity index (χ4v) is 4.66. The molecule has 36 heavy (non-hydrogen) atoms. The van der Waals surface area contributed by atoms with Crippen LogP contribution in [0.4, 0.5) is 26.3 Å². The molecule has 0 unspecified atom stereocenters. The first-order chi connectivity index (χ1) is 16.5. The Kier molecular flexibility index (Phi) is 7.81. The van der Waals surface area contributed by atoms with Crippen LogP contribution in [0.1, 0.15) is 62.0 Å². The van der Waals surface area contributed by atoms with Gasteiger partial charge >= 0.3 is 12.4 Å². The van der Waals surface area contributed by atoms with Crippen LogP contribution in [0.3, 0.4) is 0 Å². The molecule has 0 bridgehead atoms. The Hall–Kier alpha value is -2.59. The number of amides is 1. The largest absolute Gasteiger partial charge is 0.416 e. The molecule has 1 fully saturated rings. The molecule has 0 spiro atoms. The van der Waals surface area contributed by atoms with E-state index in [0.717, 1.165) is 5.56 Å². The predicted octanol–water partition coefficient (Wildman–Crippen LogP) is 6.00. The molecule has 0 heterocycles. The van der Waals surface area contributed by atoms with Crippen LogP contribution in [0.25, 0.3) is 0 Å². The Labute approximate surface area is 206 Å². The quantitative estimate of drug-likeness (QED) is 0.423. The number of ether oxygens (including phenoxy) is 1. The monoisotopic (exact) mass is 516 g/mol. The van der Waals surface area contributed by atoms with Crippen molar-refractivity contribution in [2.75, 3.05) is 13.2 Å². The molecule has 0 radical (unpaired) electrons. The number of rotatable bonds is 8. The third-order valence-electron chi connectivity index (χ3n) is 6.60. The van der Waals surface area contributed by atoms with Crippen molar-refractivity contribution in [2.24, 2.45) is 11.7 Å². The van der Waals surface area contributed by atoms with E-state index in [9.17, 15) is 31.1 Å². The molecule has 198 valence electrons. The van der Waals surface area contributed by atoms with Gasteiger partial charge in [0, 0.05) is 23.4 Å². The summed E-state index contributed by atoms with van der Waals surface area (Å²) in [7, 11) is 0. The minimum atomic E-state index is -4.94. The normalized spacial score (nSPS) is 23.3. The lowest BCUT2D eigenvalue weighted by Crippen LogP contribution is -2.66. The summed E-state index contributed by atoms with van der Waals surface area (Å²) in [5, 5.41) is 2.83. The number of nitrogens with two attached hydrogens (primary N) is 1. The topological polar surface area (TPSA) is 64.4 Å². The van der Waals surface area contributed by atoms with Gasteiger partial charge in [-0.05, 0) is 49.1 Å². The summed E-state index contributed by atoms with van der Waals surface area (Å²) >= 11 is 0. The summed E-state index contributed by atoms with van der Waals surface area (Å²) in [4.78, 5) is 12.0. The van der Waals surface area contributed by atoms with E-state index in [1.807, 2.05) is 30.3 Å². The summed E-state index contributed by atoms with van der Waals surface area (Å²) in [5.41, 5.74) is 3.10. The van der Waals surface area contributed by atoms with Gasteiger partial charge in [0.25, 0.3) is 0 Å². The third-order valence-corrected chi connectivity index (χ3v) is 6.60. The molecular weight excluding hydrogens is 486 g/mol. The van der Waals surface area contributed by atoms with Gasteiger partial charge < -0.3 is 15.8 Å². The van der Waals surface area contributed by atoms with E-state index in [1.165, 1.54) is 6.92 Å². The minimum absolute atomic E-state index is 0.0346. The van der Waals surface area contributed by atoms with Crippen LogP contribution in [-0.2, 0) is 27.3 Å². The van der Waals surface area contributed by atoms with Crippen molar-refractivity contribution < 1.29 is 35.9 Å². The smallest absolute Gasteiger partial charge is 0.373 e. The van der Waals surface area contributed by atoms with Crippen LogP contribution in [0.5, 0.6) is 0 Å². The van der Waals surface area contributed by atoms with E-state index in [4.69, 9.17) is 10.5 Å². The van der Waals surface area contributed by atoms with Gasteiger partial charge in [-0.25, -0.2) is 0 Å². The van der Waals surface area contributed by atoms with E-state index in [0.29, 0.717) is 25.0 Å². The summed E-state index contributed by atoms with van der Waals surface area (Å²) in [6.07, 6.45) is -10.1. The average Bonchev–Trinajstić information content (AvgIpc) is 2.78. The highest BCUT2D eigenvalue weighted by molar-refractivity contribution is 5.77. The second-order valence-corrected chi connectivity index (χ2v) is 10.0. The Morgan fingerprint density at radius 2 is 1.50 bits per heavy atom. The van der Waals surface area contributed by atoms with Gasteiger partial charge in [-0.1, -0.05) is 44.2 Å². The molecule has 1 aliphatic carbocycles. The summed E-state index contributed by atoms with van der Waals surface area (Å²) in [5.74, 6) is -0.335. The molecule has 2 aromatic rings. The summed E-state index contributed by atoms with van der Waals surface area (Å²) in [6, 6.07) is 10.7. The number of nitrogens with one attached hydrogen (secondary N) is 1. The van der Waals surface area contributed by atoms with Crippen molar-refractivity contribution in [1.82, 2.24) is 5.32 Å². The fraction of sp³-hybridized carbons (Fsp3) is 0.500. The number of halogens is 6. The Balaban J connectivity index is 1.81. The molecule has 1 amide bonds. The minimum Gasteiger partial charge on any atom is -0.373 e. The molecule has 1 aliphatic rings. The van der Waals surface area contributed by atoms with Crippen LogP contribution in [-0.4, -0.2) is 24.6 Å². The predicted molar refractivity (Wildman–Crippen MR) is 123 cm³/mol. The zero-order chi connectivity index (χ0) is 26.9. The van der Waals surface area contributed by atoms with Crippen molar-refractivity contribution in [3.63, 3.8) is 0 Å². The molecule has 1 saturated carbocycles. The second kappa shape index (κ2) is 10.0. The van der Waals surface area contributed by atoms with E-state index in [-0.39, 0.29) is 36.6 Å². The van der Waals surface area contributed by atoms with Gasteiger partial charge in [-0.2, -0.15) is 26.3 Å². The molecule has 0 saturated heterocycles. The van der Waals surface area contributed by atoms with Crippen LogP contribution in [0, 0.1) is 5.92 Å². The number of carbonyl (C=O) groups is 1. The van der Waals surface area contributed by atoms with Crippen molar-refractivity contribution in [3.8, 4) is 0 Å². The standard InChI is InChI=1S/C26H30F6N2O2/c1-16(2)22(35)34-14-24(33)12-23(13-24,19-7-5-4-6-8-19)15-36-17(3)18-9-20(25(27,28)29)11-21(10-18)26(30,31)32/h4-11,16-17H,12-15,33H2,1-3H3,(H,34,35)/t17-,23?,24?/m1/s1. The van der Waals surface area contributed by atoms with Gasteiger partial charge in [0.2, 0.25) is 5.91 Å². The Morgan fingerprint density at radius 3 is 1.97 bits per heavy atom. The van der Waals surface area contributed by atoms with Gasteiger partial charge in [-0.15, -0.1) is 0 Å². The van der Waals surface area contributed by atoms with E-state index in [2.05, 4.69) is 5.32 Å². The first-order valence-corrected chi connectivity index (χ1v) is 11.6. The molecule has 0 aliphatic heterocycles. The van der Waals surface area contributed by atoms with Crippen LogP contribution in [0.15, 0.2) is 48.5 Å². The van der Waals surface area contributed by atoms with Gasteiger partial charge in [0.1, 0.15) is 0 Å². The Morgan fingerprint density at radius 1 is 0.972 bits per heavy atom. The Bertz CT molecular complexity index is 1030. The highest BCUT2D eigenvalue weighted by Gasteiger charge is 2.53. The zero-order valence-corrected chi connectivity index (χ0v) is 20.3. The van der Waals surface area contributed by atoms with E-state index in [1.54, 1.807) is 13.8 Å². The first kappa shape index (κ1) is 28.0.